The van der Waals surface area contributed by atoms with E-state index >= 15 is 0 Å². The number of halogens is 1. The van der Waals surface area contributed by atoms with Crippen LogP contribution in [0.1, 0.15) is 30.2 Å². The Morgan fingerprint density at radius 1 is 1.23 bits per heavy atom. The second-order valence-corrected chi connectivity index (χ2v) is 6.63. The van der Waals surface area contributed by atoms with Crippen molar-refractivity contribution in [1.82, 2.24) is 25.3 Å². The molecule has 0 radical (unpaired) electrons. The first-order valence-electron chi connectivity index (χ1n) is 8.78. The molecule has 3 rings (SSSR count). The van der Waals surface area contributed by atoms with Crippen molar-refractivity contribution in [2.75, 3.05) is 32.7 Å². The van der Waals surface area contributed by atoms with Gasteiger partial charge in [0.25, 0.3) is 0 Å². The van der Waals surface area contributed by atoms with E-state index in [1.54, 1.807) is 19.1 Å². The van der Waals surface area contributed by atoms with Crippen LogP contribution >= 0.6 is 0 Å². The molecule has 0 bridgehead atoms. The fraction of sp³-hybridized carbons (Fsp3) is 0.500. The first-order chi connectivity index (χ1) is 12.5. The van der Waals surface area contributed by atoms with Gasteiger partial charge in [-0.25, -0.2) is 4.39 Å². The zero-order valence-corrected chi connectivity index (χ0v) is 15.1. The molecule has 1 amide bonds. The Kier molecular flexibility index (Phi) is 5.95. The van der Waals surface area contributed by atoms with Gasteiger partial charge < -0.3 is 9.84 Å². The number of aromatic nitrogens is 2. The van der Waals surface area contributed by atoms with Gasteiger partial charge in [0, 0.05) is 26.2 Å². The smallest absolute Gasteiger partial charge is 0.240 e. The third-order valence-electron chi connectivity index (χ3n) is 4.51. The first kappa shape index (κ1) is 18.5. The molecule has 1 aliphatic heterocycles. The number of carbonyl (C=O) groups excluding carboxylic acids is 1. The highest BCUT2D eigenvalue weighted by molar-refractivity contribution is 5.78. The number of rotatable bonds is 6. The summed E-state index contributed by atoms with van der Waals surface area (Å²) in [6.07, 6.45) is 0. The van der Waals surface area contributed by atoms with Crippen molar-refractivity contribution in [3.8, 4) is 0 Å². The van der Waals surface area contributed by atoms with Crippen LogP contribution in [0.25, 0.3) is 0 Å². The Balaban J connectivity index is 1.41. The van der Waals surface area contributed by atoms with Gasteiger partial charge in [-0.15, -0.1) is 0 Å². The van der Waals surface area contributed by atoms with Gasteiger partial charge >= 0.3 is 0 Å². The molecule has 2 heterocycles. The van der Waals surface area contributed by atoms with Crippen LogP contribution in [0, 0.1) is 12.7 Å². The van der Waals surface area contributed by atoms with E-state index in [4.69, 9.17) is 4.52 Å². The minimum absolute atomic E-state index is 0.0252. The van der Waals surface area contributed by atoms with Gasteiger partial charge in [-0.05, 0) is 31.5 Å². The molecular weight excluding hydrogens is 337 g/mol. The van der Waals surface area contributed by atoms with E-state index in [-0.39, 0.29) is 17.8 Å². The molecule has 2 aromatic rings. The zero-order chi connectivity index (χ0) is 18.5. The molecule has 26 heavy (non-hydrogen) atoms. The first-order valence-corrected chi connectivity index (χ1v) is 8.78. The summed E-state index contributed by atoms with van der Waals surface area (Å²) < 4.78 is 18.1. The van der Waals surface area contributed by atoms with E-state index in [0.717, 1.165) is 31.7 Å². The SMILES string of the molecule is Cc1noc(CN2CCN(CC(=O)NC(C)c3ccc(F)cc3)CC2)n1. The number of aryl methyl sites for hydroxylation is 1. The van der Waals surface area contributed by atoms with Crippen LogP contribution in [0.15, 0.2) is 28.8 Å². The highest BCUT2D eigenvalue weighted by Gasteiger charge is 2.21. The van der Waals surface area contributed by atoms with Crippen molar-refractivity contribution < 1.29 is 13.7 Å². The molecule has 0 saturated carbocycles. The monoisotopic (exact) mass is 361 g/mol. The van der Waals surface area contributed by atoms with Crippen molar-refractivity contribution in [2.24, 2.45) is 0 Å². The molecule has 1 fully saturated rings. The van der Waals surface area contributed by atoms with Crippen LogP contribution in [0.3, 0.4) is 0 Å². The number of hydrogen-bond donors (Lipinski definition) is 1. The zero-order valence-electron chi connectivity index (χ0n) is 15.1. The van der Waals surface area contributed by atoms with Crippen LogP contribution in [0.4, 0.5) is 4.39 Å². The lowest BCUT2D eigenvalue weighted by atomic mass is 10.1. The maximum absolute atomic E-state index is 13.0. The molecule has 0 aliphatic carbocycles. The van der Waals surface area contributed by atoms with Crippen molar-refractivity contribution >= 4 is 5.91 Å². The molecule has 1 aromatic heterocycles. The summed E-state index contributed by atoms with van der Waals surface area (Å²) >= 11 is 0. The Morgan fingerprint density at radius 2 is 1.88 bits per heavy atom. The summed E-state index contributed by atoms with van der Waals surface area (Å²) in [4.78, 5) is 20.8. The molecule has 1 atom stereocenters. The van der Waals surface area contributed by atoms with Crippen LogP contribution in [0.5, 0.6) is 0 Å². The molecule has 1 N–H and O–H groups in total. The summed E-state index contributed by atoms with van der Waals surface area (Å²) in [7, 11) is 0. The Hall–Kier alpha value is -2.32. The second-order valence-electron chi connectivity index (χ2n) is 6.63. The summed E-state index contributed by atoms with van der Waals surface area (Å²) in [6.45, 7) is 8.02. The van der Waals surface area contributed by atoms with Crippen LogP contribution in [-0.4, -0.2) is 58.6 Å². The van der Waals surface area contributed by atoms with Crippen molar-refractivity contribution in [3.63, 3.8) is 0 Å². The highest BCUT2D eigenvalue weighted by Crippen LogP contribution is 2.13. The van der Waals surface area contributed by atoms with Crippen LogP contribution in [-0.2, 0) is 11.3 Å². The lowest BCUT2D eigenvalue weighted by Crippen LogP contribution is -2.49. The van der Waals surface area contributed by atoms with Gasteiger partial charge in [-0.3, -0.25) is 14.6 Å². The van der Waals surface area contributed by atoms with E-state index in [2.05, 4.69) is 25.3 Å². The van der Waals surface area contributed by atoms with Gasteiger partial charge in [0.1, 0.15) is 5.82 Å². The fourth-order valence-electron chi connectivity index (χ4n) is 3.03. The molecule has 1 aromatic carbocycles. The Bertz CT molecular complexity index is 725. The molecule has 1 saturated heterocycles. The molecule has 0 spiro atoms. The standard InChI is InChI=1S/C18H24FN5O2/c1-13(15-3-5-16(19)6-4-15)20-17(25)11-23-7-9-24(10-8-23)12-18-21-14(2)22-26-18/h3-6,13H,7-12H2,1-2H3,(H,20,25). The van der Waals surface area contributed by atoms with E-state index in [1.807, 2.05) is 6.92 Å². The molecule has 7 nitrogen and oxygen atoms in total. The number of benzene rings is 1. The molecule has 8 heteroatoms. The number of nitrogens with zero attached hydrogens (tertiary/aromatic N) is 4. The molecule has 140 valence electrons. The van der Waals surface area contributed by atoms with Crippen LogP contribution in [0.2, 0.25) is 0 Å². The number of carbonyl (C=O) groups is 1. The number of nitrogens with one attached hydrogen (secondary N) is 1. The van der Waals surface area contributed by atoms with Crippen molar-refractivity contribution in [1.29, 1.82) is 0 Å². The Morgan fingerprint density at radius 3 is 2.50 bits per heavy atom. The second kappa shape index (κ2) is 8.37. The maximum Gasteiger partial charge on any atom is 0.240 e. The predicted octanol–water partition coefficient (Wildman–Crippen LogP) is 1.51. The topological polar surface area (TPSA) is 74.5 Å². The van der Waals surface area contributed by atoms with Gasteiger partial charge in [-0.1, -0.05) is 17.3 Å². The summed E-state index contributed by atoms with van der Waals surface area (Å²) in [5, 5.41) is 6.76. The van der Waals surface area contributed by atoms with Gasteiger partial charge in [0.2, 0.25) is 11.8 Å². The lowest BCUT2D eigenvalue weighted by Gasteiger charge is -2.33. The average molecular weight is 361 g/mol. The van der Waals surface area contributed by atoms with Gasteiger partial charge in [0.05, 0.1) is 19.1 Å². The summed E-state index contributed by atoms with van der Waals surface area (Å²) in [5.74, 6) is 0.969. The fourth-order valence-corrected chi connectivity index (χ4v) is 3.03. The highest BCUT2D eigenvalue weighted by atomic mass is 19.1. The van der Waals surface area contributed by atoms with Gasteiger partial charge in [0.15, 0.2) is 5.82 Å². The van der Waals surface area contributed by atoms with E-state index in [0.29, 0.717) is 24.8 Å². The molecule has 1 aliphatic rings. The maximum atomic E-state index is 13.0. The Labute approximate surface area is 152 Å². The molecular formula is C18H24FN5O2. The summed E-state index contributed by atoms with van der Waals surface area (Å²) in [6, 6.07) is 6.05. The van der Waals surface area contributed by atoms with E-state index in [9.17, 15) is 9.18 Å². The van der Waals surface area contributed by atoms with Crippen molar-refractivity contribution in [3.05, 3.63) is 47.4 Å². The predicted molar refractivity (Wildman–Crippen MR) is 93.7 cm³/mol. The quantitative estimate of drug-likeness (QED) is 0.841. The summed E-state index contributed by atoms with van der Waals surface area (Å²) in [5.41, 5.74) is 0.888. The minimum atomic E-state index is -0.277. The molecule has 1 unspecified atom stereocenters. The van der Waals surface area contributed by atoms with E-state index < -0.39 is 0 Å². The number of amides is 1. The minimum Gasteiger partial charge on any atom is -0.348 e. The third kappa shape index (κ3) is 5.09. The van der Waals surface area contributed by atoms with Gasteiger partial charge in [-0.2, -0.15) is 4.98 Å². The number of piperazine rings is 1. The van der Waals surface area contributed by atoms with Crippen LogP contribution < -0.4 is 5.32 Å². The number of hydrogen-bond acceptors (Lipinski definition) is 6. The largest absolute Gasteiger partial charge is 0.348 e. The van der Waals surface area contributed by atoms with Crippen molar-refractivity contribution in [2.45, 2.75) is 26.4 Å². The van der Waals surface area contributed by atoms with E-state index in [1.165, 1.54) is 12.1 Å². The lowest BCUT2D eigenvalue weighted by molar-refractivity contribution is -0.123. The normalized spacial score (nSPS) is 17.2. The third-order valence-corrected chi connectivity index (χ3v) is 4.51. The average Bonchev–Trinajstić information content (AvgIpc) is 3.02.